The summed E-state index contributed by atoms with van der Waals surface area (Å²) in [5, 5.41) is 21.1. The van der Waals surface area contributed by atoms with Gasteiger partial charge in [0.1, 0.15) is 10.7 Å². The number of carbonyl (C=O) groups excluding carboxylic acids is 1. The van der Waals surface area contributed by atoms with Crippen LogP contribution in [0, 0.1) is 5.41 Å². The van der Waals surface area contributed by atoms with E-state index >= 15 is 0 Å². The van der Waals surface area contributed by atoms with Gasteiger partial charge in [-0.05, 0) is 43.3 Å². The number of aliphatic hydroxyl groups excluding tert-OH is 1. The highest BCUT2D eigenvalue weighted by molar-refractivity contribution is 6.43. The molecular weight excluding hydrogens is 411 g/mol. The molecule has 0 radical (unpaired) electrons. The van der Waals surface area contributed by atoms with Crippen LogP contribution in [0.1, 0.15) is 12.5 Å². The topological polar surface area (TPSA) is 87.0 Å². The van der Waals surface area contributed by atoms with Gasteiger partial charge in [0.15, 0.2) is 11.4 Å². The van der Waals surface area contributed by atoms with Crippen LogP contribution in [-0.2, 0) is 9.53 Å². The zero-order valence-electron chi connectivity index (χ0n) is 14.4. The molecule has 4 N–H and O–H groups in total. The smallest absolute Gasteiger partial charge is 0.356 e. The molecule has 0 aliphatic rings. The van der Waals surface area contributed by atoms with Gasteiger partial charge in [0.25, 0.3) is 0 Å². The second-order valence-corrected chi connectivity index (χ2v) is 6.74. The number of carbonyl (C=O) groups is 1. The predicted molar refractivity (Wildman–Crippen MR) is 108 cm³/mol. The maximum Gasteiger partial charge on any atom is 0.356 e. The number of nitrogens with two attached hydrogens (primary N) is 1. The van der Waals surface area contributed by atoms with Gasteiger partial charge in [0.05, 0.1) is 18.8 Å². The van der Waals surface area contributed by atoms with Crippen LogP contribution in [0.3, 0.4) is 0 Å². The number of esters is 1. The number of aliphatic hydroxyl groups is 1. The second-order valence-electron chi connectivity index (χ2n) is 5.46. The van der Waals surface area contributed by atoms with E-state index in [1.807, 2.05) is 0 Å². The lowest BCUT2D eigenvalue weighted by molar-refractivity contribution is -0.469. The average Bonchev–Trinajstić information content (AvgIpc) is 2.64. The van der Waals surface area contributed by atoms with Crippen LogP contribution < -0.4 is 5.32 Å². The van der Waals surface area contributed by atoms with E-state index in [0.717, 1.165) is 0 Å². The third kappa shape index (κ3) is 5.54. The van der Waals surface area contributed by atoms with E-state index in [1.54, 1.807) is 54.7 Å². The molecule has 2 aromatic rings. The number of nitrogens with one attached hydrogen (secondary N) is 1. The average molecular weight is 429 g/mol. The van der Waals surface area contributed by atoms with E-state index in [2.05, 4.69) is 0 Å². The number of hydrogen-bond acceptors (Lipinski definition) is 4. The fourth-order valence-corrected chi connectivity index (χ4v) is 2.96. The summed E-state index contributed by atoms with van der Waals surface area (Å²) in [7, 11) is 0. The molecule has 0 heterocycles. The number of quaternary nitrogens is 1. The molecule has 2 aromatic carbocycles. The van der Waals surface area contributed by atoms with Crippen LogP contribution in [0.4, 0.5) is 5.69 Å². The summed E-state index contributed by atoms with van der Waals surface area (Å²) < 4.78 is 4.89. The molecule has 8 heteroatoms. The van der Waals surface area contributed by atoms with E-state index in [-0.39, 0.29) is 12.2 Å². The van der Waals surface area contributed by atoms with E-state index < -0.39 is 18.3 Å². The van der Waals surface area contributed by atoms with Gasteiger partial charge < -0.3 is 9.84 Å². The Hall–Kier alpha value is -1.89. The minimum atomic E-state index is -0.816. The Balaban J connectivity index is 2.58. The van der Waals surface area contributed by atoms with Crippen molar-refractivity contribution in [3.63, 3.8) is 0 Å². The van der Waals surface area contributed by atoms with Crippen LogP contribution in [-0.4, -0.2) is 30.0 Å². The van der Waals surface area contributed by atoms with Crippen molar-refractivity contribution < 1.29 is 20.0 Å². The molecule has 27 heavy (non-hydrogen) atoms. The van der Waals surface area contributed by atoms with Crippen molar-refractivity contribution in [1.29, 1.82) is 5.41 Å². The first-order chi connectivity index (χ1) is 12.9. The molecule has 0 aromatic heterocycles. The number of hydrogen-bond donors (Lipinski definition) is 3. The van der Waals surface area contributed by atoms with Crippen molar-refractivity contribution in [2.75, 3.05) is 13.2 Å². The van der Waals surface area contributed by atoms with Crippen LogP contribution in [0.15, 0.2) is 48.0 Å². The maximum absolute atomic E-state index is 12.0. The quantitative estimate of drug-likeness (QED) is 0.356. The zero-order chi connectivity index (χ0) is 20.0. The first-order valence-corrected chi connectivity index (χ1v) is 9.16. The summed E-state index contributed by atoms with van der Waals surface area (Å²) in [6, 6.07) is 11.8. The Morgan fingerprint density at radius 2 is 1.74 bits per heavy atom. The fourth-order valence-electron chi connectivity index (χ4n) is 2.37. The van der Waals surface area contributed by atoms with Crippen molar-refractivity contribution in [2.45, 2.75) is 6.92 Å². The maximum atomic E-state index is 12.0. The number of benzene rings is 2. The second kappa shape index (κ2) is 9.88. The molecule has 0 unspecified atom stereocenters. The van der Waals surface area contributed by atoms with Gasteiger partial charge in [0, 0.05) is 21.7 Å². The molecule has 5 nitrogen and oxygen atoms in total. The molecule has 0 aliphatic heterocycles. The molecule has 0 aliphatic carbocycles. The normalized spacial score (nSPS) is 11.7. The lowest BCUT2D eigenvalue weighted by atomic mass is 10.0. The van der Waals surface area contributed by atoms with Gasteiger partial charge in [-0.2, -0.15) is 0 Å². The van der Waals surface area contributed by atoms with Crippen LogP contribution in [0.25, 0.3) is 5.70 Å². The highest BCUT2D eigenvalue weighted by Gasteiger charge is 2.24. The van der Waals surface area contributed by atoms with Gasteiger partial charge >= 0.3 is 5.97 Å². The molecule has 0 atom stereocenters. The molecule has 0 amide bonds. The minimum Gasteiger partial charge on any atom is -0.461 e. The summed E-state index contributed by atoms with van der Waals surface area (Å²) >= 11 is 18.2. The molecule has 142 valence electrons. The Morgan fingerprint density at radius 1 is 1.11 bits per heavy atom. The molecule has 0 saturated carbocycles. The van der Waals surface area contributed by atoms with Crippen molar-refractivity contribution in [3.05, 3.63) is 68.7 Å². The number of ether oxygens (including phenoxy) is 1. The summed E-state index contributed by atoms with van der Waals surface area (Å²) in [6.07, 6.45) is 0. The summed E-state index contributed by atoms with van der Waals surface area (Å²) in [5.41, 5.74) is 1.42. The SMILES string of the molecule is CCOC(=O)C(=N)C(CO)=C([NH2+]c1ccc(Cl)cc1Cl)c1ccc(Cl)cc1. The zero-order valence-corrected chi connectivity index (χ0v) is 16.7. The number of rotatable bonds is 7. The van der Waals surface area contributed by atoms with Crippen molar-refractivity contribution in [3.8, 4) is 0 Å². The highest BCUT2D eigenvalue weighted by Crippen LogP contribution is 2.24. The van der Waals surface area contributed by atoms with Crippen molar-refractivity contribution in [2.24, 2.45) is 0 Å². The predicted octanol–water partition coefficient (Wildman–Crippen LogP) is 3.83. The van der Waals surface area contributed by atoms with Gasteiger partial charge in [0.2, 0.25) is 0 Å². The standard InChI is InChI=1S/C19H17Cl3N2O3/c1-2-27-19(26)17(23)14(10-25)18(11-3-5-12(20)6-4-11)24-16-8-7-13(21)9-15(16)22/h3-9,23-25H,2,10H2,1H3/p+1. The molecule has 0 fully saturated rings. The van der Waals surface area contributed by atoms with E-state index in [1.165, 1.54) is 0 Å². The summed E-state index contributed by atoms with van der Waals surface area (Å²) in [4.78, 5) is 12.0. The van der Waals surface area contributed by atoms with Crippen LogP contribution in [0.2, 0.25) is 15.1 Å². The van der Waals surface area contributed by atoms with Crippen molar-refractivity contribution in [1.82, 2.24) is 0 Å². The fraction of sp³-hybridized carbons (Fsp3) is 0.158. The Labute approximate surface area is 172 Å². The van der Waals surface area contributed by atoms with Gasteiger partial charge in [-0.25, -0.2) is 4.79 Å². The lowest BCUT2D eigenvalue weighted by Crippen LogP contribution is -2.75. The Kier molecular flexibility index (Phi) is 7.83. The monoisotopic (exact) mass is 427 g/mol. The number of halogens is 3. The summed E-state index contributed by atoms with van der Waals surface area (Å²) in [5.74, 6) is -0.816. The van der Waals surface area contributed by atoms with Crippen molar-refractivity contribution >= 4 is 57.9 Å². The molecule has 0 saturated heterocycles. The first-order valence-electron chi connectivity index (χ1n) is 8.03. The van der Waals surface area contributed by atoms with E-state index in [9.17, 15) is 9.90 Å². The minimum absolute atomic E-state index is 0.113. The third-order valence-electron chi connectivity index (χ3n) is 3.68. The van der Waals surface area contributed by atoms with Crippen LogP contribution in [0.5, 0.6) is 0 Å². The van der Waals surface area contributed by atoms with E-state index in [4.69, 9.17) is 44.9 Å². The third-order valence-corrected chi connectivity index (χ3v) is 4.50. The largest absolute Gasteiger partial charge is 0.461 e. The Morgan fingerprint density at radius 3 is 2.30 bits per heavy atom. The summed E-state index contributed by atoms with van der Waals surface area (Å²) in [6.45, 7) is 1.24. The molecule has 2 rings (SSSR count). The lowest BCUT2D eigenvalue weighted by Gasteiger charge is -2.13. The van der Waals surface area contributed by atoms with E-state index in [0.29, 0.717) is 32.0 Å². The molecule has 0 spiro atoms. The molecular formula is C19H18Cl3N2O3+. The van der Waals surface area contributed by atoms with Gasteiger partial charge in [-0.1, -0.05) is 34.8 Å². The first kappa shape index (κ1) is 21.4. The van der Waals surface area contributed by atoms with Gasteiger partial charge in [-0.3, -0.25) is 10.7 Å². The Bertz CT molecular complexity index is 880. The van der Waals surface area contributed by atoms with Gasteiger partial charge in [-0.15, -0.1) is 0 Å². The van der Waals surface area contributed by atoms with Crippen LogP contribution >= 0.6 is 34.8 Å². The molecule has 0 bridgehead atoms. The highest BCUT2D eigenvalue weighted by atomic mass is 35.5.